The van der Waals surface area contributed by atoms with Gasteiger partial charge in [-0.1, -0.05) is 23.2 Å². The molecule has 0 atom stereocenters. The van der Waals surface area contributed by atoms with Gasteiger partial charge in [0, 0.05) is 42.8 Å². The molecule has 5 N–H and O–H groups in total. The first kappa shape index (κ1) is 39.9. The molecule has 0 aliphatic heterocycles. The van der Waals surface area contributed by atoms with Crippen molar-refractivity contribution in [2.75, 3.05) is 28.3 Å². The maximum Gasteiger partial charge on any atom is 0.417 e. The van der Waals surface area contributed by atoms with Crippen molar-refractivity contribution in [1.29, 1.82) is 0 Å². The van der Waals surface area contributed by atoms with E-state index in [4.69, 9.17) is 32.7 Å². The van der Waals surface area contributed by atoms with E-state index in [9.17, 15) is 40.7 Å². The van der Waals surface area contributed by atoms with Crippen LogP contribution in [0.25, 0.3) is 0 Å². The molecular weight excluding hydrogens is 788 g/mol. The van der Waals surface area contributed by atoms with Crippen molar-refractivity contribution in [3.63, 3.8) is 0 Å². The zero-order valence-electron chi connectivity index (χ0n) is 27.6. The third-order valence-electron chi connectivity index (χ3n) is 7.10. The van der Waals surface area contributed by atoms with Crippen molar-refractivity contribution in [2.24, 2.45) is 0 Å². The summed E-state index contributed by atoms with van der Waals surface area (Å²) in [4.78, 5) is 41.5. The van der Waals surface area contributed by atoms with Crippen LogP contribution in [0.1, 0.15) is 21.6 Å². The maximum atomic E-state index is 15.1. The maximum absolute atomic E-state index is 15.1. The van der Waals surface area contributed by atoms with E-state index >= 15 is 4.39 Å². The SMILES string of the molecule is CNC(=O)c1cc(Oc2ccc(Oc3ccc(NC(=O)Nc4ccc(Cl)c(C(F)(F)F)c4)c(F)c3)c(NC(=O)Nc3ccc(Cl)c(C(F)(F)F)c3)c2)ccn1. The quantitative estimate of drug-likeness (QED) is 0.0938. The Bertz CT molecular complexity index is 2270. The van der Waals surface area contributed by atoms with Gasteiger partial charge in [-0.05, 0) is 66.7 Å². The van der Waals surface area contributed by atoms with E-state index in [0.29, 0.717) is 12.1 Å². The van der Waals surface area contributed by atoms with Gasteiger partial charge in [0.15, 0.2) is 5.75 Å². The Balaban J connectivity index is 1.37. The molecular formula is C35H23Cl2F7N6O5. The standard InChI is InChI=1S/C35H23Cl2F7N6O5/c1-45-31(51)29-16-21(10-11-46-29)54-20-5-9-30(28(15-20)50-33(53)48-18-3-7-25(37)23(13-18)35(42,43)44)55-19-4-8-27(26(38)14-19)49-32(52)47-17-2-6-24(36)22(12-17)34(39,40)41/h2-16H,1H3,(H,45,51)(H2,47,49,52)(H2,48,50,53). The molecule has 11 nitrogen and oxygen atoms in total. The van der Waals surface area contributed by atoms with Crippen LogP contribution in [-0.4, -0.2) is 30.0 Å². The number of ether oxygens (including phenoxy) is 2. The van der Waals surface area contributed by atoms with Gasteiger partial charge in [-0.2, -0.15) is 26.3 Å². The number of amides is 5. The van der Waals surface area contributed by atoms with E-state index in [2.05, 4.69) is 31.6 Å². The number of halogens is 9. The number of alkyl halides is 6. The van der Waals surface area contributed by atoms with Crippen molar-refractivity contribution < 1.29 is 54.6 Å². The highest BCUT2D eigenvalue weighted by Crippen LogP contribution is 2.39. The largest absolute Gasteiger partial charge is 0.457 e. The number of anilines is 4. The van der Waals surface area contributed by atoms with E-state index < -0.39 is 63.0 Å². The van der Waals surface area contributed by atoms with Gasteiger partial charge in [-0.25, -0.2) is 14.0 Å². The average molecular weight is 811 g/mol. The highest BCUT2D eigenvalue weighted by atomic mass is 35.5. The zero-order chi connectivity index (χ0) is 40.1. The van der Waals surface area contributed by atoms with Crippen molar-refractivity contribution in [3.8, 4) is 23.0 Å². The van der Waals surface area contributed by atoms with Crippen LogP contribution in [0.3, 0.4) is 0 Å². The number of rotatable bonds is 9. The van der Waals surface area contributed by atoms with Gasteiger partial charge in [0.2, 0.25) is 0 Å². The summed E-state index contributed by atoms with van der Waals surface area (Å²) in [6, 6.07) is 13.1. The second-order valence-electron chi connectivity index (χ2n) is 11.0. The van der Waals surface area contributed by atoms with Crippen LogP contribution in [0.2, 0.25) is 10.0 Å². The molecule has 0 radical (unpaired) electrons. The number of hydrogen-bond donors (Lipinski definition) is 5. The van der Waals surface area contributed by atoms with Gasteiger partial charge in [0.1, 0.15) is 28.8 Å². The lowest BCUT2D eigenvalue weighted by atomic mass is 10.2. The predicted octanol–water partition coefficient (Wildman–Crippen LogP) is 10.8. The topological polar surface area (TPSA) is 143 Å². The van der Waals surface area contributed by atoms with Gasteiger partial charge in [-0.15, -0.1) is 0 Å². The average Bonchev–Trinajstić information content (AvgIpc) is 3.11. The summed E-state index contributed by atoms with van der Waals surface area (Å²) < 4.78 is 107. The minimum Gasteiger partial charge on any atom is -0.457 e. The van der Waals surface area contributed by atoms with E-state index in [1.54, 1.807) is 0 Å². The molecule has 0 spiro atoms. The fourth-order valence-corrected chi connectivity index (χ4v) is 5.07. The molecule has 20 heteroatoms. The van der Waals surface area contributed by atoms with Gasteiger partial charge >= 0.3 is 24.4 Å². The van der Waals surface area contributed by atoms with Crippen molar-refractivity contribution >= 4 is 63.9 Å². The van der Waals surface area contributed by atoms with Crippen LogP contribution < -0.4 is 36.1 Å². The molecule has 0 fully saturated rings. The Kier molecular flexibility index (Phi) is 11.9. The summed E-state index contributed by atoms with van der Waals surface area (Å²) in [7, 11) is 1.40. The number of pyridine rings is 1. The normalized spacial score (nSPS) is 11.3. The molecule has 0 aliphatic carbocycles. The second kappa shape index (κ2) is 16.4. The van der Waals surface area contributed by atoms with Crippen LogP contribution in [-0.2, 0) is 12.4 Å². The number of nitrogens with zero attached hydrogens (tertiary/aromatic N) is 1. The van der Waals surface area contributed by atoms with Gasteiger partial charge in [0.25, 0.3) is 5.91 Å². The molecule has 0 aliphatic rings. The minimum atomic E-state index is -4.82. The van der Waals surface area contributed by atoms with Crippen LogP contribution in [0.5, 0.6) is 23.0 Å². The van der Waals surface area contributed by atoms with Crippen LogP contribution in [0, 0.1) is 5.82 Å². The number of aromatic nitrogens is 1. The fraction of sp³-hybridized carbons (Fsp3) is 0.0857. The molecule has 55 heavy (non-hydrogen) atoms. The summed E-state index contributed by atoms with van der Waals surface area (Å²) in [5.41, 5.74) is -3.45. The molecule has 1 heterocycles. The Morgan fingerprint density at radius 2 is 1.15 bits per heavy atom. The van der Waals surface area contributed by atoms with E-state index in [-0.39, 0.29) is 45.8 Å². The fourth-order valence-electron chi connectivity index (χ4n) is 4.62. The summed E-state index contributed by atoms with van der Waals surface area (Å²) in [6.45, 7) is 0. The summed E-state index contributed by atoms with van der Waals surface area (Å²) in [6.07, 6.45) is -8.30. The molecule has 286 valence electrons. The highest BCUT2D eigenvalue weighted by Gasteiger charge is 2.34. The molecule has 0 saturated heterocycles. The van der Waals surface area contributed by atoms with E-state index in [1.165, 1.54) is 49.6 Å². The van der Waals surface area contributed by atoms with Crippen LogP contribution in [0.15, 0.2) is 91.1 Å². The number of nitrogens with one attached hydrogen (secondary N) is 5. The highest BCUT2D eigenvalue weighted by molar-refractivity contribution is 6.32. The lowest BCUT2D eigenvalue weighted by molar-refractivity contribution is -0.138. The number of carbonyl (C=O) groups is 3. The molecule has 0 saturated carbocycles. The lowest BCUT2D eigenvalue weighted by Crippen LogP contribution is -2.20. The van der Waals surface area contributed by atoms with Crippen molar-refractivity contribution in [3.05, 3.63) is 124 Å². The zero-order valence-corrected chi connectivity index (χ0v) is 29.1. The molecule has 5 amide bonds. The van der Waals surface area contributed by atoms with Crippen LogP contribution in [0.4, 0.5) is 63.1 Å². The molecule has 5 rings (SSSR count). The summed E-state index contributed by atoms with van der Waals surface area (Å²) in [5.74, 6) is -1.62. The van der Waals surface area contributed by atoms with Gasteiger partial charge in [-0.3, -0.25) is 9.78 Å². The first-order valence-electron chi connectivity index (χ1n) is 15.3. The molecule has 4 aromatic carbocycles. The Hall–Kier alpha value is -6.27. The van der Waals surface area contributed by atoms with Crippen LogP contribution >= 0.6 is 23.2 Å². The molecule has 5 aromatic rings. The monoisotopic (exact) mass is 810 g/mol. The third kappa shape index (κ3) is 10.5. The number of urea groups is 2. The van der Waals surface area contributed by atoms with Gasteiger partial charge in [0.05, 0.1) is 32.5 Å². The summed E-state index contributed by atoms with van der Waals surface area (Å²) >= 11 is 11.3. The van der Waals surface area contributed by atoms with Crippen molar-refractivity contribution in [1.82, 2.24) is 10.3 Å². The van der Waals surface area contributed by atoms with Crippen molar-refractivity contribution in [2.45, 2.75) is 12.4 Å². The van der Waals surface area contributed by atoms with E-state index in [0.717, 1.165) is 36.4 Å². The summed E-state index contributed by atoms with van der Waals surface area (Å²) in [5, 5.41) is 10.2. The first-order chi connectivity index (χ1) is 25.9. The molecule has 0 bridgehead atoms. The van der Waals surface area contributed by atoms with Gasteiger partial charge < -0.3 is 36.1 Å². The Morgan fingerprint density at radius 3 is 1.69 bits per heavy atom. The third-order valence-corrected chi connectivity index (χ3v) is 7.76. The number of carbonyl (C=O) groups excluding carboxylic acids is 3. The smallest absolute Gasteiger partial charge is 0.417 e. The Labute approximate surface area is 315 Å². The first-order valence-corrected chi connectivity index (χ1v) is 16.0. The number of hydrogen-bond acceptors (Lipinski definition) is 6. The molecule has 0 unspecified atom stereocenters. The lowest BCUT2D eigenvalue weighted by Gasteiger charge is -2.16. The number of benzene rings is 4. The Morgan fingerprint density at radius 1 is 0.618 bits per heavy atom. The molecule has 1 aromatic heterocycles. The predicted molar refractivity (Wildman–Crippen MR) is 189 cm³/mol. The second-order valence-corrected chi connectivity index (χ2v) is 11.8. The van der Waals surface area contributed by atoms with E-state index in [1.807, 2.05) is 0 Å². The minimum absolute atomic E-state index is 0.0249.